The molecule has 1 amide bonds. The molecular weight excluding hydrogens is 384 g/mol. The van der Waals surface area contributed by atoms with Gasteiger partial charge < -0.3 is 9.88 Å². The minimum atomic E-state index is -0.977. The van der Waals surface area contributed by atoms with Crippen LogP contribution in [0.15, 0.2) is 48.5 Å². The standard InChI is InChI=1S/C22H22N4O2S/c1-14-8-10-16(11-9-14)24-20(27)13-29-15(2)21(28)17(12-23)22-25-18-6-4-5-7-19(18)26(22)3/h4-11,15,17H,13H2,1-3H3,(H,24,27). The molecule has 0 spiro atoms. The molecule has 1 aromatic heterocycles. The van der Waals surface area contributed by atoms with Crippen LogP contribution < -0.4 is 5.32 Å². The number of hydrogen-bond donors (Lipinski definition) is 1. The van der Waals surface area contributed by atoms with E-state index in [1.54, 1.807) is 18.5 Å². The van der Waals surface area contributed by atoms with Crippen molar-refractivity contribution in [1.82, 2.24) is 9.55 Å². The Morgan fingerprint density at radius 2 is 1.90 bits per heavy atom. The van der Waals surface area contributed by atoms with E-state index in [4.69, 9.17) is 0 Å². The van der Waals surface area contributed by atoms with Gasteiger partial charge >= 0.3 is 0 Å². The summed E-state index contributed by atoms with van der Waals surface area (Å²) < 4.78 is 1.78. The number of nitriles is 1. The number of rotatable bonds is 7. The Kier molecular flexibility index (Phi) is 6.35. The number of aromatic nitrogens is 2. The van der Waals surface area contributed by atoms with Crippen LogP contribution in [0.2, 0.25) is 0 Å². The molecule has 0 fully saturated rings. The first-order chi connectivity index (χ1) is 13.9. The Morgan fingerprint density at radius 3 is 2.55 bits per heavy atom. The second kappa shape index (κ2) is 8.93. The number of hydrogen-bond acceptors (Lipinski definition) is 5. The molecule has 3 aromatic rings. The highest BCUT2D eigenvalue weighted by Gasteiger charge is 2.30. The van der Waals surface area contributed by atoms with Crippen molar-refractivity contribution in [3.8, 4) is 6.07 Å². The average Bonchev–Trinajstić information content (AvgIpc) is 3.05. The molecule has 0 aliphatic carbocycles. The summed E-state index contributed by atoms with van der Waals surface area (Å²) >= 11 is 1.22. The van der Waals surface area contributed by atoms with Crippen molar-refractivity contribution < 1.29 is 9.59 Å². The minimum absolute atomic E-state index is 0.126. The number of anilines is 1. The average molecular weight is 407 g/mol. The summed E-state index contributed by atoms with van der Waals surface area (Å²) in [5.41, 5.74) is 3.44. The summed E-state index contributed by atoms with van der Waals surface area (Å²) in [6, 6.07) is 17.1. The number of benzene rings is 2. The van der Waals surface area contributed by atoms with Crippen molar-refractivity contribution in [1.29, 1.82) is 5.26 Å². The van der Waals surface area contributed by atoms with Crippen LogP contribution in [-0.4, -0.2) is 32.2 Å². The van der Waals surface area contributed by atoms with Gasteiger partial charge in [0.2, 0.25) is 5.91 Å². The maximum absolute atomic E-state index is 12.9. The molecule has 1 heterocycles. The van der Waals surface area contributed by atoms with Crippen LogP contribution in [-0.2, 0) is 16.6 Å². The van der Waals surface area contributed by atoms with E-state index in [2.05, 4.69) is 16.4 Å². The molecule has 0 saturated heterocycles. The molecule has 148 valence electrons. The number of thioether (sulfide) groups is 1. The zero-order valence-electron chi connectivity index (χ0n) is 16.5. The van der Waals surface area contributed by atoms with Crippen LogP contribution in [0.5, 0.6) is 0 Å². The number of carbonyl (C=O) groups excluding carboxylic acids is 2. The lowest BCUT2D eigenvalue weighted by molar-refractivity contribution is -0.118. The second-order valence-electron chi connectivity index (χ2n) is 6.85. The fraction of sp³-hybridized carbons (Fsp3) is 0.273. The topological polar surface area (TPSA) is 87.8 Å². The maximum atomic E-state index is 12.9. The van der Waals surface area contributed by atoms with Gasteiger partial charge in [-0.3, -0.25) is 9.59 Å². The molecule has 2 unspecified atom stereocenters. The Morgan fingerprint density at radius 1 is 1.21 bits per heavy atom. The molecule has 0 aliphatic heterocycles. The monoisotopic (exact) mass is 406 g/mol. The highest BCUT2D eigenvalue weighted by Crippen LogP contribution is 2.25. The third-order valence-electron chi connectivity index (χ3n) is 4.69. The first-order valence-corrected chi connectivity index (χ1v) is 10.3. The van der Waals surface area contributed by atoms with Crippen molar-refractivity contribution in [2.24, 2.45) is 7.05 Å². The fourth-order valence-electron chi connectivity index (χ4n) is 3.02. The first-order valence-electron chi connectivity index (χ1n) is 9.23. The summed E-state index contributed by atoms with van der Waals surface area (Å²) in [5, 5.41) is 11.9. The molecule has 0 radical (unpaired) electrons. The molecule has 0 saturated carbocycles. The van der Waals surface area contributed by atoms with E-state index >= 15 is 0 Å². The fourth-order valence-corrected chi connectivity index (χ4v) is 3.80. The van der Waals surface area contributed by atoms with Gasteiger partial charge in [-0.05, 0) is 38.1 Å². The van der Waals surface area contributed by atoms with Gasteiger partial charge in [-0.25, -0.2) is 4.98 Å². The zero-order chi connectivity index (χ0) is 21.0. The van der Waals surface area contributed by atoms with Gasteiger partial charge in [0.05, 0.1) is 28.1 Å². The van der Waals surface area contributed by atoms with Crippen LogP contribution in [0.4, 0.5) is 5.69 Å². The molecule has 2 atom stereocenters. The lowest BCUT2D eigenvalue weighted by Crippen LogP contribution is -2.25. The molecule has 6 nitrogen and oxygen atoms in total. The Hall–Kier alpha value is -3.11. The van der Waals surface area contributed by atoms with E-state index in [9.17, 15) is 14.9 Å². The SMILES string of the molecule is Cc1ccc(NC(=O)CSC(C)C(=O)C(C#N)c2nc3ccccc3n2C)cc1. The smallest absolute Gasteiger partial charge is 0.234 e. The third-order valence-corrected chi connectivity index (χ3v) is 5.86. The van der Waals surface area contributed by atoms with Gasteiger partial charge in [0, 0.05) is 12.7 Å². The van der Waals surface area contributed by atoms with Crippen molar-refractivity contribution in [3.05, 3.63) is 59.9 Å². The molecule has 3 rings (SSSR count). The number of para-hydroxylation sites is 2. The van der Waals surface area contributed by atoms with Gasteiger partial charge in [0.1, 0.15) is 5.82 Å². The normalized spacial score (nSPS) is 12.9. The molecule has 0 bridgehead atoms. The number of Topliss-reactive ketones (excluding diaryl/α,β-unsaturated/α-hetero) is 1. The van der Waals surface area contributed by atoms with Gasteiger partial charge in [-0.2, -0.15) is 5.26 Å². The van der Waals surface area contributed by atoms with Crippen LogP contribution in [0.3, 0.4) is 0 Å². The Labute approximate surface area is 173 Å². The van der Waals surface area contributed by atoms with Crippen LogP contribution in [0.1, 0.15) is 24.2 Å². The lowest BCUT2D eigenvalue weighted by Gasteiger charge is -2.14. The number of imidazole rings is 1. The summed E-state index contributed by atoms with van der Waals surface area (Å²) in [5.74, 6) is -0.860. The predicted octanol–water partition coefficient (Wildman–Crippen LogP) is 3.82. The second-order valence-corrected chi connectivity index (χ2v) is 8.18. The number of amides is 1. The van der Waals surface area contributed by atoms with E-state index in [0.717, 1.165) is 22.3 Å². The molecule has 7 heteroatoms. The van der Waals surface area contributed by atoms with Crippen LogP contribution >= 0.6 is 11.8 Å². The van der Waals surface area contributed by atoms with E-state index in [1.807, 2.05) is 55.5 Å². The van der Waals surface area contributed by atoms with Gasteiger partial charge in [-0.1, -0.05) is 29.8 Å². The van der Waals surface area contributed by atoms with E-state index in [0.29, 0.717) is 5.82 Å². The summed E-state index contributed by atoms with van der Waals surface area (Å²) in [7, 11) is 1.80. The molecular formula is C22H22N4O2S. The summed E-state index contributed by atoms with van der Waals surface area (Å²) in [4.78, 5) is 29.5. The number of ketones is 1. The largest absolute Gasteiger partial charge is 0.330 e. The van der Waals surface area contributed by atoms with Gasteiger partial charge in [0.25, 0.3) is 0 Å². The number of nitrogens with zero attached hydrogens (tertiary/aromatic N) is 3. The van der Waals surface area contributed by atoms with Crippen LogP contribution in [0.25, 0.3) is 11.0 Å². The lowest BCUT2D eigenvalue weighted by atomic mass is 10.0. The van der Waals surface area contributed by atoms with Crippen molar-refractivity contribution in [3.63, 3.8) is 0 Å². The van der Waals surface area contributed by atoms with E-state index in [1.165, 1.54) is 11.8 Å². The number of nitrogens with one attached hydrogen (secondary N) is 1. The molecule has 2 aromatic carbocycles. The van der Waals surface area contributed by atoms with Gasteiger partial charge in [0.15, 0.2) is 11.7 Å². The van der Waals surface area contributed by atoms with E-state index in [-0.39, 0.29) is 17.4 Å². The molecule has 1 N–H and O–H groups in total. The van der Waals surface area contributed by atoms with Crippen molar-refractivity contribution in [2.45, 2.75) is 25.0 Å². The number of aryl methyl sites for hydroxylation is 2. The van der Waals surface area contributed by atoms with Gasteiger partial charge in [-0.15, -0.1) is 11.8 Å². The maximum Gasteiger partial charge on any atom is 0.234 e. The predicted molar refractivity (Wildman–Crippen MR) is 116 cm³/mol. The van der Waals surface area contributed by atoms with Crippen molar-refractivity contribution >= 4 is 40.2 Å². The third kappa shape index (κ3) is 4.66. The Balaban J connectivity index is 1.64. The Bertz CT molecular complexity index is 1080. The highest BCUT2D eigenvalue weighted by atomic mass is 32.2. The molecule has 29 heavy (non-hydrogen) atoms. The first kappa shape index (κ1) is 20.6. The number of carbonyl (C=O) groups is 2. The quantitative estimate of drug-likeness (QED) is 0.644. The summed E-state index contributed by atoms with van der Waals surface area (Å²) in [6.07, 6.45) is 0. The van der Waals surface area contributed by atoms with Crippen LogP contribution in [0, 0.1) is 18.3 Å². The summed E-state index contributed by atoms with van der Waals surface area (Å²) in [6.45, 7) is 3.70. The molecule has 0 aliphatic rings. The van der Waals surface area contributed by atoms with Crippen molar-refractivity contribution in [2.75, 3.05) is 11.1 Å². The minimum Gasteiger partial charge on any atom is -0.330 e. The highest BCUT2D eigenvalue weighted by molar-refractivity contribution is 8.01. The zero-order valence-corrected chi connectivity index (χ0v) is 17.4. The number of fused-ring (bicyclic) bond motifs is 1. The van der Waals surface area contributed by atoms with E-state index < -0.39 is 11.2 Å².